The summed E-state index contributed by atoms with van der Waals surface area (Å²) in [6, 6.07) is 0. The molecule has 0 aromatic carbocycles. The van der Waals surface area contributed by atoms with Crippen LogP contribution in [-0.4, -0.2) is 22.2 Å². The third-order valence-electron chi connectivity index (χ3n) is 6.09. The third kappa shape index (κ3) is 5.11. The lowest BCUT2D eigenvalue weighted by molar-refractivity contribution is -0.155. The van der Waals surface area contributed by atoms with Gasteiger partial charge in [-0.25, -0.2) is 4.79 Å². The molecule has 1 aliphatic carbocycles. The summed E-state index contributed by atoms with van der Waals surface area (Å²) >= 11 is 0. The van der Waals surface area contributed by atoms with Crippen LogP contribution in [0.1, 0.15) is 98.3 Å². The third-order valence-corrected chi connectivity index (χ3v) is 6.09. The molecule has 150 valence electrons. The molecule has 1 rings (SSSR count). The lowest BCUT2D eigenvalue weighted by atomic mass is 9.60. The zero-order chi connectivity index (χ0) is 19.7. The highest BCUT2D eigenvalue weighted by molar-refractivity contribution is 5.97. The summed E-state index contributed by atoms with van der Waals surface area (Å²) in [7, 11) is 0. The zero-order valence-corrected chi connectivity index (χ0v) is 17.1. The highest BCUT2D eigenvalue weighted by Crippen LogP contribution is 2.50. The fraction of sp³-hybridized carbons (Fsp3) is 0.818. The maximum absolute atomic E-state index is 12.7. The maximum atomic E-state index is 12.7. The second-order valence-corrected chi connectivity index (χ2v) is 8.18. The van der Waals surface area contributed by atoms with Gasteiger partial charge in [0.05, 0.1) is 5.57 Å². The predicted octanol–water partition coefficient (Wildman–Crippen LogP) is 6.06. The minimum Gasteiger partial charge on any atom is -0.481 e. The topological polar surface area (TPSA) is 74.6 Å². The van der Waals surface area contributed by atoms with Crippen LogP contribution < -0.4 is 0 Å². The molecule has 0 aromatic heterocycles. The van der Waals surface area contributed by atoms with E-state index in [9.17, 15) is 19.8 Å². The van der Waals surface area contributed by atoms with Crippen molar-refractivity contribution in [2.75, 3.05) is 0 Å². The van der Waals surface area contributed by atoms with Gasteiger partial charge in [-0.2, -0.15) is 0 Å². The highest BCUT2D eigenvalue weighted by Gasteiger charge is 2.52. The molecule has 2 N–H and O–H groups in total. The standard InChI is InChI=1S/C22H38O4/c1-5-7-14-18(16(3)4)19(20(23)24)22(21(25)26,15-8-6-2)17-12-10-9-11-13-17/h16-17H,5-15H2,1-4H3,(H,23,24)(H,25,26). The van der Waals surface area contributed by atoms with Gasteiger partial charge in [-0.15, -0.1) is 0 Å². The molecule has 0 saturated heterocycles. The number of carbonyl (C=O) groups is 2. The van der Waals surface area contributed by atoms with Gasteiger partial charge in [0.25, 0.3) is 0 Å². The SMILES string of the molecule is CCCCC(=C(C(=O)O)C(CCCC)(C(=O)O)C1CCCCC1)C(C)C. The summed E-state index contributed by atoms with van der Waals surface area (Å²) in [5.41, 5.74) is -0.174. The molecule has 0 aromatic rings. The summed E-state index contributed by atoms with van der Waals surface area (Å²) in [6.07, 6.45) is 9.41. The summed E-state index contributed by atoms with van der Waals surface area (Å²) in [5.74, 6) is -1.96. The second-order valence-electron chi connectivity index (χ2n) is 8.18. The predicted molar refractivity (Wildman–Crippen MR) is 105 cm³/mol. The Bertz CT molecular complexity index is 500. The fourth-order valence-electron chi connectivity index (χ4n) is 4.66. The van der Waals surface area contributed by atoms with Crippen molar-refractivity contribution in [2.45, 2.75) is 98.3 Å². The van der Waals surface area contributed by atoms with Crippen molar-refractivity contribution in [1.29, 1.82) is 0 Å². The van der Waals surface area contributed by atoms with Gasteiger partial charge in [-0.1, -0.05) is 71.8 Å². The molecule has 4 heteroatoms. The normalized spacial score (nSPS) is 19.1. The van der Waals surface area contributed by atoms with E-state index >= 15 is 0 Å². The molecule has 1 fully saturated rings. The molecule has 4 nitrogen and oxygen atoms in total. The van der Waals surface area contributed by atoms with Crippen LogP contribution in [0.15, 0.2) is 11.1 Å². The van der Waals surface area contributed by atoms with Gasteiger partial charge in [0, 0.05) is 0 Å². The number of rotatable bonds is 11. The van der Waals surface area contributed by atoms with Crippen LogP contribution >= 0.6 is 0 Å². The summed E-state index contributed by atoms with van der Waals surface area (Å²) in [5, 5.41) is 20.6. The Hall–Kier alpha value is -1.32. The Balaban J connectivity index is 3.63. The summed E-state index contributed by atoms with van der Waals surface area (Å²) in [4.78, 5) is 25.1. The molecule has 1 aliphatic rings. The van der Waals surface area contributed by atoms with Crippen LogP contribution in [0.4, 0.5) is 0 Å². The van der Waals surface area contributed by atoms with E-state index in [4.69, 9.17) is 0 Å². The number of allylic oxidation sites excluding steroid dienone is 1. The molecule has 0 radical (unpaired) electrons. The number of carboxylic acids is 2. The van der Waals surface area contributed by atoms with Gasteiger partial charge >= 0.3 is 11.9 Å². The van der Waals surface area contributed by atoms with E-state index in [0.29, 0.717) is 12.8 Å². The zero-order valence-electron chi connectivity index (χ0n) is 17.1. The molecule has 0 aliphatic heterocycles. The fourth-order valence-corrected chi connectivity index (χ4v) is 4.66. The Labute approximate surface area is 159 Å². The van der Waals surface area contributed by atoms with Gasteiger partial charge in [0.1, 0.15) is 5.41 Å². The van der Waals surface area contributed by atoms with Crippen molar-refractivity contribution in [3.05, 3.63) is 11.1 Å². The van der Waals surface area contributed by atoms with Crippen LogP contribution in [0.25, 0.3) is 0 Å². The first-order valence-corrected chi connectivity index (χ1v) is 10.5. The minimum atomic E-state index is -1.24. The number of hydrogen-bond acceptors (Lipinski definition) is 2. The molecule has 1 unspecified atom stereocenters. The van der Waals surface area contributed by atoms with Gasteiger partial charge in [0.15, 0.2) is 0 Å². The van der Waals surface area contributed by atoms with E-state index < -0.39 is 17.4 Å². The Morgan fingerprint density at radius 3 is 2.00 bits per heavy atom. The maximum Gasteiger partial charge on any atom is 0.332 e. The van der Waals surface area contributed by atoms with Crippen molar-refractivity contribution in [3.8, 4) is 0 Å². The van der Waals surface area contributed by atoms with E-state index in [1.807, 2.05) is 20.8 Å². The van der Waals surface area contributed by atoms with Crippen molar-refractivity contribution < 1.29 is 19.8 Å². The van der Waals surface area contributed by atoms with Crippen LogP contribution in [0.3, 0.4) is 0 Å². The molecule has 0 amide bonds. The lowest BCUT2D eigenvalue weighted by Crippen LogP contribution is -2.45. The van der Waals surface area contributed by atoms with Crippen molar-refractivity contribution in [1.82, 2.24) is 0 Å². The minimum absolute atomic E-state index is 0.0524. The van der Waals surface area contributed by atoms with Gasteiger partial charge in [0.2, 0.25) is 0 Å². The monoisotopic (exact) mass is 366 g/mol. The molecular weight excluding hydrogens is 328 g/mol. The van der Waals surface area contributed by atoms with Crippen LogP contribution in [0.5, 0.6) is 0 Å². The van der Waals surface area contributed by atoms with Gasteiger partial charge in [-0.05, 0) is 43.9 Å². The smallest absolute Gasteiger partial charge is 0.332 e. The van der Waals surface area contributed by atoms with Gasteiger partial charge < -0.3 is 10.2 Å². The molecule has 0 bridgehead atoms. The average molecular weight is 367 g/mol. The summed E-state index contributed by atoms with van der Waals surface area (Å²) in [6.45, 7) is 8.13. The van der Waals surface area contributed by atoms with Crippen molar-refractivity contribution in [2.24, 2.45) is 17.3 Å². The first-order valence-electron chi connectivity index (χ1n) is 10.5. The van der Waals surface area contributed by atoms with Crippen molar-refractivity contribution >= 4 is 11.9 Å². The number of unbranched alkanes of at least 4 members (excludes halogenated alkanes) is 2. The first-order chi connectivity index (χ1) is 12.3. The van der Waals surface area contributed by atoms with E-state index in [1.54, 1.807) is 0 Å². The van der Waals surface area contributed by atoms with E-state index in [-0.39, 0.29) is 17.4 Å². The summed E-state index contributed by atoms with van der Waals surface area (Å²) < 4.78 is 0. The van der Waals surface area contributed by atoms with Crippen LogP contribution in [0, 0.1) is 17.3 Å². The van der Waals surface area contributed by atoms with Crippen molar-refractivity contribution in [3.63, 3.8) is 0 Å². The Morgan fingerprint density at radius 2 is 1.58 bits per heavy atom. The number of aliphatic carboxylic acids is 2. The first kappa shape index (κ1) is 22.7. The lowest BCUT2D eigenvalue weighted by Gasteiger charge is -2.41. The Morgan fingerprint density at radius 1 is 1.00 bits per heavy atom. The molecule has 1 saturated carbocycles. The van der Waals surface area contributed by atoms with E-state index in [1.165, 1.54) is 0 Å². The number of carboxylic acid groups (broad SMARTS) is 2. The quantitative estimate of drug-likeness (QED) is 0.436. The van der Waals surface area contributed by atoms with E-state index in [2.05, 4.69) is 6.92 Å². The van der Waals surface area contributed by atoms with E-state index in [0.717, 1.165) is 63.4 Å². The van der Waals surface area contributed by atoms with Crippen LogP contribution in [0.2, 0.25) is 0 Å². The second kappa shape index (κ2) is 10.7. The number of hydrogen-bond donors (Lipinski definition) is 2. The highest BCUT2D eigenvalue weighted by atomic mass is 16.4. The van der Waals surface area contributed by atoms with Gasteiger partial charge in [-0.3, -0.25) is 4.79 Å². The molecule has 0 heterocycles. The molecule has 0 spiro atoms. The largest absolute Gasteiger partial charge is 0.481 e. The van der Waals surface area contributed by atoms with Crippen LogP contribution in [-0.2, 0) is 9.59 Å². The average Bonchev–Trinajstić information content (AvgIpc) is 2.60. The molecule has 1 atom stereocenters. The molecule has 26 heavy (non-hydrogen) atoms. The molecular formula is C22H38O4. The Kier molecular flexibility index (Phi) is 9.38.